The predicted molar refractivity (Wildman–Crippen MR) is 66.0 cm³/mol. The molecule has 3 nitrogen and oxygen atoms in total. The van der Waals surface area contributed by atoms with Crippen molar-refractivity contribution in [3.05, 3.63) is 0 Å². The minimum atomic E-state index is 0.582. The molecule has 1 rings (SSSR count). The lowest BCUT2D eigenvalue weighted by molar-refractivity contribution is 0.559. The van der Waals surface area contributed by atoms with E-state index in [9.17, 15) is 0 Å². The smallest absolute Gasteiger partial charge is 0.188 e. The van der Waals surface area contributed by atoms with Crippen LogP contribution in [0.2, 0.25) is 0 Å². The van der Waals surface area contributed by atoms with Crippen LogP contribution in [-0.2, 0) is 0 Å². The number of rotatable bonds is 5. The van der Waals surface area contributed by atoms with Crippen LogP contribution >= 0.6 is 0 Å². The van der Waals surface area contributed by atoms with E-state index < -0.39 is 0 Å². The van der Waals surface area contributed by atoms with Crippen LogP contribution in [0.3, 0.4) is 0 Å². The molecule has 0 unspecified atom stereocenters. The highest BCUT2D eigenvalue weighted by atomic mass is 15.1. The standard InChI is InChI=1S/C12H25N3/c1-10(2)6-5-9-14-12(13)15-11-7-3-4-8-11/h10-11H,3-9H2,1-2H3,(H3,13,14,15). The molecule has 0 bridgehead atoms. The van der Waals surface area contributed by atoms with Crippen molar-refractivity contribution in [2.24, 2.45) is 16.6 Å². The molecule has 0 saturated heterocycles. The summed E-state index contributed by atoms with van der Waals surface area (Å²) < 4.78 is 0. The fraction of sp³-hybridized carbons (Fsp3) is 0.917. The molecule has 1 fully saturated rings. The average Bonchev–Trinajstić information content (AvgIpc) is 2.64. The van der Waals surface area contributed by atoms with E-state index in [1.54, 1.807) is 0 Å². The second-order valence-corrected chi connectivity index (χ2v) is 4.93. The second kappa shape index (κ2) is 6.70. The zero-order valence-electron chi connectivity index (χ0n) is 10.1. The summed E-state index contributed by atoms with van der Waals surface area (Å²) in [6.45, 7) is 5.34. The third-order valence-corrected chi connectivity index (χ3v) is 2.93. The number of aliphatic imine (C=N–C) groups is 1. The van der Waals surface area contributed by atoms with E-state index in [1.807, 2.05) is 0 Å². The molecular formula is C12H25N3. The fourth-order valence-electron chi connectivity index (χ4n) is 2.02. The van der Waals surface area contributed by atoms with Gasteiger partial charge in [0.15, 0.2) is 5.96 Å². The summed E-state index contributed by atoms with van der Waals surface area (Å²) in [5, 5.41) is 3.29. The van der Waals surface area contributed by atoms with E-state index in [2.05, 4.69) is 24.2 Å². The molecule has 0 aromatic heterocycles. The Kier molecular flexibility index (Phi) is 5.51. The number of hydrogen-bond donors (Lipinski definition) is 2. The van der Waals surface area contributed by atoms with Gasteiger partial charge in [-0.05, 0) is 31.6 Å². The summed E-state index contributed by atoms with van der Waals surface area (Å²) in [6.07, 6.45) is 7.55. The molecule has 1 saturated carbocycles. The lowest BCUT2D eigenvalue weighted by Crippen LogP contribution is -2.38. The van der Waals surface area contributed by atoms with Crippen molar-refractivity contribution >= 4 is 5.96 Å². The maximum atomic E-state index is 5.81. The molecule has 0 atom stereocenters. The molecule has 0 aliphatic heterocycles. The van der Waals surface area contributed by atoms with Gasteiger partial charge in [0, 0.05) is 12.6 Å². The van der Waals surface area contributed by atoms with Crippen LogP contribution in [0.5, 0.6) is 0 Å². The molecule has 88 valence electrons. The van der Waals surface area contributed by atoms with Gasteiger partial charge in [-0.2, -0.15) is 0 Å². The number of nitrogens with two attached hydrogens (primary N) is 1. The van der Waals surface area contributed by atoms with Crippen LogP contribution in [0.4, 0.5) is 0 Å². The van der Waals surface area contributed by atoms with Gasteiger partial charge in [-0.1, -0.05) is 26.7 Å². The van der Waals surface area contributed by atoms with E-state index in [1.165, 1.54) is 32.1 Å². The molecule has 0 aromatic rings. The highest BCUT2D eigenvalue weighted by molar-refractivity contribution is 5.78. The summed E-state index contributed by atoms with van der Waals surface area (Å²) in [4.78, 5) is 4.34. The Bertz CT molecular complexity index is 193. The van der Waals surface area contributed by atoms with Crippen LogP contribution in [0, 0.1) is 5.92 Å². The molecule has 1 aliphatic carbocycles. The Balaban J connectivity index is 2.09. The Labute approximate surface area is 93.5 Å². The molecule has 3 N–H and O–H groups in total. The lowest BCUT2D eigenvalue weighted by atomic mass is 10.1. The van der Waals surface area contributed by atoms with Crippen molar-refractivity contribution in [1.82, 2.24) is 5.32 Å². The van der Waals surface area contributed by atoms with Crippen LogP contribution in [0.15, 0.2) is 4.99 Å². The Morgan fingerprint density at radius 1 is 1.40 bits per heavy atom. The molecule has 0 radical (unpaired) electrons. The molecule has 3 heteroatoms. The van der Waals surface area contributed by atoms with Gasteiger partial charge in [0.05, 0.1) is 0 Å². The number of nitrogens with zero attached hydrogens (tertiary/aromatic N) is 1. The van der Waals surface area contributed by atoms with Crippen LogP contribution in [-0.4, -0.2) is 18.5 Å². The van der Waals surface area contributed by atoms with Crippen molar-refractivity contribution < 1.29 is 0 Å². The number of guanidine groups is 1. The average molecular weight is 211 g/mol. The quantitative estimate of drug-likeness (QED) is 0.416. The molecule has 0 aromatic carbocycles. The van der Waals surface area contributed by atoms with Gasteiger partial charge < -0.3 is 11.1 Å². The van der Waals surface area contributed by atoms with E-state index >= 15 is 0 Å². The molecule has 0 heterocycles. The molecule has 15 heavy (non-hydrogen) atoms. The Hall–Kier alpha value is -0.730. The van der Waals surface area contributed by atoms with E-state index in [0.29, 0.717) is 12.0 Å². The predicted octanol–water partition coefficient (Wildman–Crippen LogP) is 2.27. The third kappa shape index (κ3) is 5.65. The highest BCUT2D eigenvalue weighted by Gasteiger charge is 2.14. The van der Waals surface area contributed by atoms with Gasteiger partial charge in [-0.15, -0.1) is 0 Å². The molecule has 1 aliphatic rings. The lowest BCUT2D eigenvalue weighted by Gasteiger charge is -2.12. The highest BCUT2D eigenvalue weighted by Crippen LogP contribution is 2.17. The Morgan fingerprint density at radius 3 is 2.67 bits per heavy atom. The normalized spacial score (nSPS) is 18.7. The molecule has 0 spiro atoms. The number of nitrogens with one attached hydrogen (secondary N) is 1. The molecular weight excluding hydrogens is 186 g/mol. The first-order valence-electron chi connectivity index (χ1n) is 6.25. The minimum absolute atomic E-state index is 0.582. The summed E-state index contributed by atoms with van der Waals surface area (Å²) in [5.74, 6) is 1.41. The van der Waals surface area contributed by atoms with Crippen molar-refractivity contribution in [3.8, 4) is 0 Å². The van der Waals surface area contributed by atoms with Crippen LogP contribution in [0.25, 0.3) is 0 Å². The van der Waals surface area contributed by atoms with Crippen molar-refractivity contribution in [2.75, 3.05) is 6.54 Å². The van der Waals surface area contributed by atoms with Gasteiger partial charge in [0.2, 0.25) is 0 Å². The van der Waals surface area contributed by atoms with Gasteiger partial charge in [-0.25, -0.2) is 0 Å². The first-order chi connectivity index (χ1) is 7.18. The first kappa shape index (κ1) is 12.3. The van der Waals surface area contributed by atoms with Crippen LogP contribution < -0.4 is 11.1 Å². The van der Waals surface area contributed by atoms with E-state index in [0.717, 1.165) is 18.9 Å². The van der Waals surface area contributed by atoms with Crippen molar-refractivity contribution in [3.63, 3.8) is 0 Å². The summed E-state index contributed by atoms with van der Waals surface area (Å²) >= 11 is 0. The largest absolute Gasteiger partial charge is 0.370 e. The Morgan fingerprint density at radius 2 is 2.07 bits per heavy atom. The van der Waals surface area contributed by atoms with Gasteiger partial charge in [0.25, 0.3) is 0 Å². The van der Waals surface area contributed by atoms with Gasteiger partial charge >= 0.3 is 0 Å². The van der Waals surface area contributed by atoms with E-state index in [4.69, 9.17) is 5.73 Å². The van der Waals surface area contributed by atoms with Crippen LogP contribution in [0.1, 0.15) is 52.4 Å². The SMILES string of the molecule is CC(C)CCCN=C(N)NC1CCCC1. The summed E-state index contributed by atoms with van der Waals surface area (Å²) in [7, 11) is 0. The first-order valence-corrected chi connectivity index (χ1v) is 6.25. The van der Waals surface area contributed by atoms with Crippen molar-refractivity contribution in [1.29, 1.82) is 0 Å². The topological polar surface area (TPSA) is 50.4 Å². The maximum Gasteiger partial charge on any atom is 0.188 e. The second-order valence-electron chi connectivity index (χ2n) is 4.93. The van der Waals surface area contributed by atoms with E-state index in [-0.39, 0.29) is 0 Å². The zero-order valence-corrected chi connectivity index (χ0v) is 10.1. The monoisotopic (exact) mass is 211 g/mol. The van der Waals surface area contributed by atoms with Crippen molar-refractivity contribution in [2.45, 2.75) is 58.4 Å². The maximum absolute atomic E-state index is 5.81. The minimum Gasteiger partial charge on any atom is -0.370 e. The third-order valence-electron chi connectivity index (χ3n) is 2.93. The van der Waals surface area contributed by atoms with Gasteiger partial charge in [0.1, 0.15) is 0 Å². The fourth-order valence-corrected chi connectivity index (χ4v) is 2.02. The summed E-state index contributed by atoms with van der Waals surface area (Å²) in [6, 6.07) is 0.582. The zero-order chi connectivity index (χ0) is 11.1. The molecule has 0 amide bonds. The number of hydrogen-bond acceptors (Lipinski definition) is 1. The van der Waals surface area contributed by atoms with Gasteiger partial charge in [-0.3, -0.25) is 4.99 Å². The summed E-state index contributed by atoms with van der Waals surface area (Å²) in [5.41, 5.74) is 5.81.